The molecule has 0 fully saturated rings. The van der Waals surface area contributed by atoms with Gasteiger partial charge in [-0.1, -0.05) is 38.3 Å². The molecule has 41 heavy (non-hydrogen) atoms. The fourth-order valence-electron chi connectivity index (χ4n) is 3.17. The number of halogens is 5. The molecular formula is C26H34ClF4N3O7. The first kappa shape index (κ1) is 35.6. The number of hydrogen-bond donors (Lipinski definition) is 2. The van der Waals surface area contributed by atoms with Crippen LogP contribution in [0, 0.1) is 5.82 Å². The Bertz CT molecular complexity index is 1290. The van der Waals surface area contributed by atoms with Gasteiger partial charge in [-0.15, -0.1) is 0 Å². The maximum absolute atomic E-state index is 14.5. The molecule has 0 saturated carbocycles. The average Bonchev–Trinajstić information content (AvgIpc) is 2.88. The molecule has 2 aromatic rings. The molecule has 230 valence electrons. The van der Waals surface area contributed by atoms with Gasteiger partial charge in [0, 0.05) is 38.9 Å². The van der Waals surface area contributed by atoms with Crippen molar-refractivity contribution in [1.82, 2.24) is 14.5 Å². The second-order valence-corrected chi connectivity index (χ2v) is 9.20. The van der Waals surface area contributed by atoms with E-state index in [0.717, 1.165) is 26.3 Å². The Hall–Kier alpha value is -3.39. The molecule has 1 unspecified atom stereocenters. The second kappa shape index (κ2) is 16.8. The number of unbranched alkanes of at least 4 members (excludes halogenated alkanes) is 2. The van der Waals surface area contributed by atoms with Crippen molar-refractivity contribution in [2.45, 2.75) is 65.2 Å². The lowest BCUT2D eigenvalue weighted by Crippen LogP contribution is -2.41. The first-order valence-corrected chi connectivity index (χ1v) is 13.2. The normalized spacial score (nSPS) is 11.8. The highest BCUT2D eigenvalue weighted by Gasteiger charge is 2.35. The summed E-state index contributed by atoms with van der Waals surface area (Å²) in [6.45, 7) is 7.35. The summed E-state index contributed by atoms with van der Waals surface area (Å²) in [7, 11) is 0.760. The third-order valence-corrected chi connectivity index (χ3v) is 5.74. The van der Waals surface area contributed by atoms with E-state index >= 15 is 0 Å². The number of ether oxygens (including phenoxy) is 2. The van der Waals surface area contributed by atoms with Crippen LogP contribution in [0.1, 0.15) is 58.6 Å². The van der Waals surface area contributed by atoms with Crippen LogP contribution in [-0.4, -0.2) is 52.0 Å². The van der Waals surface area contributed by atoms with Crippen molar-refractivity contribution in [2.24, 2.45) is 7.05 Å². The molecule has 10 nitrogen and oxygen atoms in total. The summed E-state index contributed by atoms with van der Waals surface area (Å²) < 4.78 is 64.4. The van der Waals surface area contributed by atoms with Crippen molar-refractivity contribution in [3.8, 4) is 11.4 Å². The number of hydrogen-bond acceptors (Lipinski definition) is 6. The minimum Gasteiger partial charge on any atom is -0.481 e. The van der Waals surface area contributed by atoms with E-state index in [1.807, 2.05) is 0 Å². The van der Waals surface area contributed by atoms with Crippen LogP contribution in [0.5, 0.6) is 5.75 Å². The summed E-state index contributed by atoms with van der Waals surface area (Å²) >= 11 is 5.89. The van der Waals surface area contributed by atoms with Gasteiger partial charge in [-0.3, -0.25) is 19.0 Å². The Morgan fingerprint density at radius 1 is 1.10 bits per heavy atom. The van der Waals surface area contributed by atoms with E-state index in [9.17, 15) is 36.7 Å². The number of carboxylic acid groups (broad SMARTS) is 1. The van der Waals surface area contributed by atoms with Crippen LogP contribution in [0.4, 0.5) is 17.6 Å². The Labute approximate surface area is 238 Å². The molecule has 2 N–H and O–H groups in total. The molecule has 1 heterocycles. The van der Waals surface area contributed by atoms with Gasteiger partial charge < -0.3 is 19.9 Å². The zero-order chi connectivity index (χ0) is 31.3. The lowest BCUT2D eigenvalue weighted by Gasteiger charge is -2.18. The highest BCUT2D eigenvalue weighted by molar-refractivity contribution is 6.32. The topological polar surface area (TPSA) is 129 Å². The summed E-state index contributed by atoms with van der Waals surface area (Å²) in [6.07, 6.45) is -1.69. The van der Waals surface area contributed by atoms with E-state index in [2.05, 4.69) is 19.2 Å². The quantitative estimate of drug-likeness (QED) is 0.255. The standard InChI is InChI=1S/C18H16ClF4N3O6.C8H18O/c1-8(16(30)24-4-3-15(28)29)32-12-6-11(10(20)5-9(12)19)26-14(27)7-13(18(21,22)23)25(2)17(26)31;1-3-5-7-9-8-6-4-2/h5-8H,3-4H2,1-2H3,(H,24,30)(H,28,29);3-8H2,1-2H3. The van der Waals surface area contributed by atoms with Gasteiger partial charge in [-0.2, -0.15) is 13.2 Å². The number of rotatable bonds is 13. The van der Waals surface area contributed by atoms with Crippen LogP contribution >= 0.6 is 11.6 Å². The Morgan fingerprint density at radius 3 is 2.20 bits per heavy atom. The second-order valence-electron chi connectivity index (χ2n) is 8.79. The predicted octanol–water partition coefficient (Wildman–Crippen LogP) is 4.31. The van der Waals surface area contributed by atoms with Crippen LogP contribution in [-0.2, 0) is 27.5 Å². The van der Waals surface area contributed by atoms with Crippen LogP contribution in [0.15, 0.2) is 27.8 Å². The molecule has 15 heteroatoms. The molecule has 2 rings (SSSR count). The van der Waals surface area contributed by atoms with Crippen LogP contribution < -0.4 is 21.3 Å². The molecule has 1 aromatic carbocycles. The molecular weight excluding hydrogens is 578 g/mol. The van der Waals surface area contributed by atoms with Gasteiger partial charge in [0.15, 0.2) is 6.10 Å². The largest absolute Gasteiger partial charge is 0.481 e. The number of benzene rings is 1. The number of carbonyl (C=O) groups is 2. The lowest BCUT2D eigenvalue weighted by atomic mass is 10.2. The highest BCUT2D eigenvalue weighted by atomic mass is 35.5. The number of aliphatic carboxylic acids is 1. The van der Waals surface area contributed by atoms with Gasteiger partial charge in [0.25, 0.3) is 11.5 Å². The molecule has 1 atom stereocenters. The van der Waals surface area contributed by atoms with Crippen molar-refractivity contribution < 1.29 is 41.7 Å². The predicted molar refractivity (Wildman–Crippen MR) is 143 cm³/mol. The van der Waals surface area contributed by atoms with Crippen LogP contribution in [0.2, 0.25) is 5.02 Å². The van der Waals surface area contributed by atoms with Gasteiger partial charge >= 0.3 is 17.8 Å². The Balaban J connectivity index is 0.000000803. The number of nitrogens with zero attached hydrogens (tertiary/aromatic N) is 2. The molecule has 1 amide bonds. The number of amides is 1. The van der Waals surface area contributed by atoms with Crippen molar-refractivity contribution in [2.75, 3.05) is 19.8 Å². The number of carboxylic acids is 1. The molecule has 0 aliphatic rings. The fourth-order valence-corrected chi connectivity index (χ4v) is 3.37. The van der Waals surface area contributed by atoms with Gasteiger partial charge in [0.1, 0.15) is 17.3 Å². The minimum absolute atomic E-state index is 0.133. The molecule has 0 aliphatic heterocycles. The fraction of sp³-hybridized carbons (Fsp3) is 0.538. The van der Waals surface area contributed by atoms with Gasteiger partial charge in [-0.25, -0.2) is 13.8 Å². The third kappa shape index (κ3) is 11.2. The van der Waals surface area contributed by atoms with Crippen molar-refractivity contribution in [3.05, 3.63) is 55.6 Å². The average molecular weight is 612 g/mol. The number of carbonyl (C=O) groups excluding carboxylic acids is 1. The maximum Gasteiger partial charge on any atom is 0.431 e. The van der Waals surface area contributed by atoms with Crippen molar-refractivity contribution in [1.29, 1.82) is 0 Å². The van der Waals surface area contributed by atoms with Crippen molar-refractivity contribution in [3.63, 3.8) is 0 Å². The van der Waals surface area contributed by atoms with E-state index in [0.29, 0.717) is 6.07 Å². The lowest BCUT2D eigenvalue weighted by molar-refractivity contribution is -0.144. The molecule has 0 radical (unpaired) electrons. The summed E-state index contributed by atoms with van der Waals surface area (Å²) in [5, 5.41) is 10.5. The molecule has 1 aromatic heterocycles. The van der Waals surface area contributed by atoms with E-state index in [4.69, 9.17) is 26.2 Å². The highest BCUT2D eigenvalue weighted by Crippen LogP contribution is 2.30. The van der Waals surface area contributed by atoms with Crippen LogP contribution in [0.25, 0.3) is 5.69 Å². The van der Waals surface area contributed by atoms with Gasteiger partial charge in [0.2, 0.25) is 0 Å². The number of nitrogens with one attached hydrogen (secondary N) is 1. The number of aromatic nitrogens is 2. The SMILES string of the molecule is CC(Oc1cc(-n2c(=O)cc(C(F)(F)F)n(C)c2=O)c(F)cc1Cl)C(=O)NCCC(=O)O.CCCCOCCCC. The molecule has 0 aliphatic carbocycles. The minimum atomic E-state index is -5.00. The van der Waals surface area contributed by atoms with Crippen molar-refractivity contribution >= 4 is 23.5 Å². The maximum atomic E-state index is 14.5. The third-order valence-electron chi connectivity index (χ3n) is 5.45. The van der Waals surface area contributed by atoms with E-state index in [1.165, 1.54) is 32.6 Å². The molecule has 0 saturated heterocycles. The van der Waals surface area contributed by atoms with E-state index in [-0.39, 0.29) is 38.9 Å². The molecule has 0 spiro atoms. The monoisotopic (exact) mass is 611 g/mol. The van der Waals surface area contributed by atoms with Crippen LogP contribution in [0.3, 0.4) is 0 Å². The zero-order valence-corrected chi connectivity index (χ0v) is 23.9. The Morgan fingerprint density at radius 2 is 1.68 bits per heavy atom. The van der Waals surface area contributed by atoms with Gasteiger partial charge in [0.05, 0.1) is 17.1 Å². The molecule has 0 bridgehead atoms. The smallest absolute Gasteiger partial charge is 0.431 e. The summed E-state index contributed by atoms with van der Waals surface area (Å²) in [5.41, 5.74) is -5.20. The van der Waals surface area contributed by atoms with E-state index < -0.39 is 52.6 Å². The van der Waals surface area contributed by atoms with E-state index in [1.54, 1.807) is 0 Å². The Kier molecular flexibility index (Phi) is 14.6. The zero-order valence-electron chi connectivity index (χ0n) is 23.1. The summed E-state index contributed by atoms with van der Waals surface area (Å²) in [5.74, 6) is -3.44. The first-order valence-electron chi connectivity index (χ1n) is 12.8. The number of alkyl halides is 3. The summed E-state index contributed by atoms with van der Waals surface area (Å²) in [6, 6.07) is 1.58. The summed E-state index contributed by atoms with van der Waals surface area (Å²) in [4.78, 5) is 47.1. The first-order chi connectivity index (χ1) is 19.1. The van der Waals surface area contributed by atoms with Gasteiger partial charge in [-0.05, 0) is 25.8 Å².